The van der Waals surface area contributed by atoms with Crippen LogP contribution in [0.3, 0.4) is 0 Å². The van der Waals surface area contributed by atoms with E-state index in [9.17, 15) is 77.3 Å². The number of aromatic hydroxyl groups is 1. The lowest BCUT2D eigenvalue weighted by Crippen LogP contribution is -2.60. The van der Waals surface area contributed by atoms with E-state index in [1.807, 2.05) is 41.8 Å². The number of unbranched alkanes of at least 4 members (excludes halogenated alkanes) is 1. The average Bonchev–Trinajstić information content (AvgIpc) is 1.57. The minimum absolute atomic E-state index is 0.0176. The topological polar surface area (TPSA) is 484 Å². The number of carboxylic acids is 1. The van der Waals surface area contributed by atoms with Crippen molar-refractivity contribution < 1.29 is 101 Å². The smallest absolute Gasteiger partial charge is 0.303 e. The number of carbonyl (C=O) groups is 14. The van der Waals surface area contributed by atoms with Crippen LogP contribution < -0.4 is 58.5 Å². The molecule has 0 saturated carbocycles. The molecule has 12 amide bonds. The molecule has 0 aliphatic carbocycles. The summed E-state index contributed by atoms with van der Waals surface area (Å²) in [7, 11) is 8.79. The molecule has 0 unspecified atom stereocenters. The van der Waals surface area contributed by atoms with Gasteiger partial charge in [0.25, 0.3) is 17.7 Å². The third kappa shape index (κ3) is 38.4. The van der Waals surface area contributed by atoms with Crippen molar-refractivity contribution in [1.29, 1.82) is 0 Å². The zero-order valence-corrected chi connectivity index (χ0v) is 71.6. The Morgan fingerprint density at radius 1 is 0.650 bits per heavy atom. The number of hydrogen-bond acceptors (Lipinski definition) is 26. The van der Waals surface area contributed by atoms with Crippen molar-refractivity contribution in [3.05, 3.63) is 52.0 Å². The summed E-state index contributed by atoms with van der Waals surface area (Å²) in [6, 6.07) is -1.80. The van der Waals surface area contributed by atoms with Gasteiger partial charge < -0.3 is 102 Å². The van der Waals surface area contributed by atoms with Gasteiger partial charge in [-0.3, -0.25) is 76.9 Å². The molecule has 1 aliphatic heterocycles. The maximum absolute atomic E-state index is 14.4. The van der Waals surface area contributed by atoms with Gasteiger partial charge in [0.15, 0.2) is 6.10 Å². The van der Waals surface area contributed by atoms with E-state index in [1.165, 1.54) is 54.5 Å². The van der Waals surface area contributed by atoms with Crippen LogP contribution in [0.4, 0.5) is 5.69 Å². The Hall–Kier alpha value is -9.15. The van der Waals surface area contributed by atoms with Crippen LogP contribution in [0.5, 0.6) is 5.75 Å². The SMILES string of the molecule is CC[C@H](C)[C@H](NC(=O)C(C)(C)N(C)C)C(=O)N(C)[C@H](C[C@@H](OC(C)=O)c1nc(C(=O)N[C@H](CCC(=O)O)Cc2ccc(O)c(NC(=O)CNC(=O)[C@H](C)NC(=O)[C@@H](NC(=O)[C@H](CCC(=O)N(CCNC(=O)CCOCCOCCNC)CCNC(=O)CCOCCOCCNC)NCCCCN3C(=O)C=CC3=O)C(C)C)c2)cs1)C(C)C. The van der Waals surface area contributed by atoms with Crippen molar-refractivity contribution in [3.63, 3.8) is 0 Å². The summed E-state index contributed by atoms with van der Waals surface area (Å²) in [6.07, 6.45) is 1.96. The van der Waals surface area contributed by atoms with Crippen LogP contribution in [0, 0.1) is 17.8 Å². The highest BCUT2D eigenvalue weighted by Crippen LogP contribution is 2.32. The van der Waals surface area contributed by atoms with Crippen LogP contribution in [0.2, 0.25) is 0 Å². The van der Waals surface area contributed by atoms with E-state index in [2.05, 4.69) is 63.5 Å². The molecule has 0 saturated heterocycles. The molecule has 1 aliphatic rings. The van der Waals surface area contributed by atoms with Crippen LogP contribution in [0.25, 0.3) is 0 Å². The molecule has 2 aromatic rings. The Bertz CT molecular complexity index is 3510. The Kier molecular flexibility index (Phi) is 47.8. The molecule has 0 spiro atoms. The highest BCUT2D eigenvalue weighted by Gasteiger charge is 2.40. The first kappa shape index (κ1) is 102. The number of thiazole rings is 1. The van der Waals surface area contributed by atoms with Gasteiger partial charge in [0.2, 0.25) is 53.2 Å². The largest absolute Gasteiger partial charge is 0.506 e. The predicted octanol–water partition coefficient (Wildman–Crippen LogP) is 0.893. The first-order valence-electron chi connectivity index (χ1n) is 40.0. The number of carbonyl (C=O) groups excluding carboxylic acids is 13. The molecule has 0 radical (unpaired) electrons. The lowest BCUT2D eigenvalue weighted by Gasteiger charge is -2.38. The maximum atomic E-state index is 14.4. The highest BCUT2D eigenvalue weighted by atomic mass is 32.1. The first-order valence-corrected chi connectivity index (χ1v) is 40.9. The molecular weight excluding hydrogens is 1540 g/mol. The number of benzene rings is 1. The second-order valence-corrected chi connectivity index (χ2v) is 30.9. The zero-order valence-electron chi connectivity index (χ0n) is 70.8. The molecule has 1 aromatic carbocycles. The maximum Gasteiger partial charge on any atom is 0.303 e. The van der Waals surface area contributed by atoms with Crippen molar-refractivity contribution in [2.75, 3.05) is 152 Å². The van der Waals surface area contributed by atoms with Crippen LogP contribution in [-0.4, -0.2) is 306 Å². The van der Waals surface area contributed by atoms with Crippen molar-refractivity contribution >= 4 is 99.8 Å². The number of amides is 12. The fourth-order valence-corrected chi connectivity index (χ4v) is 12.6. The number of aromatic nitrogens is 1. The van der Waals surface area contributed by atoms with Gasteiger partial charge in [-0.2, -0.15) is 0 Å². The van der Waals surface area contributed by atoms with Gasteiger partial charge in [-0.15, -0.1) is 11.3 Å². The fraction of sp³-hybridized carbons (Fsp3) is 0.684. The van der Waals surface area contributed by atoms with E-state index in [0.717, 1.165) is 16.2 Å². The van der Waals surface area contributed by atoms with Crippen LogP contribution in [0.15, 0.2) is 35.7 Å². The second kappa shape index (κ2) is 54.8. The van der Waals surface area contributed by atoms with Crippen molar-refractivity contribution in [2.24, 2.45) is 17.8 Å². The average molecular weight is 1670 g/mol. The summed E-state index contributed by atoms with van der Waals surface area (Å²) in [5.41, 5.74) is -0.691. The number of imide groups is 1. The van der Waals surface area contributed by atoms with Gasteiger partial charge in [-0.1, -0.05) is 54.0 Å². The van der Waals surface area contributed by atoms with E-state index in [1.54, 1.807) is 58.6 Å². The number of esters is 1. The molecule has 658 valence electrons. The first-order chi connectivity index (χ1) is 55.4. The molecule has 2 heterocycles. The highest BCUT2D eigenvalue weighted by molar-refractivity contribution is 7.09. The van der Waals surface area contributed by atoms with Crippen LogP contribution >= 0.6 is 11.3 Å². The van der Waals surface area contributed by atoms with Crippen LogP contribution in [0.1, 0.15) is 161 Å². The summed E-state index contributed by atoms with van der Waals surface area (Å²) in [5, 5.41) is 53.2. The number of likely N-dealkylation sites (N-methyl/N-ethyl adjacent to an activating group) is 4. The summed E-state index contributed by atoms with van der Waals surface area (Å²) in [4.78, 5) is 197. The molecular formula is C79H130N16O21S. The standard InChI is InChI=1S/C79H130N16O21S/c1-16-52(6)71(91-78(111)79(9,10)92(13)14)77(110)93(15)60(50(2)3)47-62(116-54(8)96)76-89-59(49-117-76)74(108)87-56(20-26-69(104)105)45-55-19-22-61(97)58(46-55)88-65(100)48-85-72(106)53(7)86-75(109)70(51(4)5)90-73(107)57(82-29-17-18-34-95-67(102)24-25-68(95)103)21-23-66(101)94(35-30-83-63(98)27-37-112-41-43-114-39-32-80-11)36-31-84-64(99)28-38-113-42-44-115-40-33-81-12/h19,22,24-25,46,49-53,56-57,60,62,70-71,80-82,97H,16-18,20-21,23,26-45,47-48H2,1-15H3,(H,83,98)(H,84,99)(H,85,106)(H,86,109)(H,87,108)(H,88,100)(H,90,107)(H,91,111)(H,104,105)/t52-,53-,56+,57-,60+,62+,70-,71-/m0/s1. The molecule has 117 heavy (non-hydrogen) atoms. The van der Waals surface area contributed by atoms with E-state index in [4.69, 9.17) is 23.7 Å². The van der Waals surface area contributed by atoms with Crippen LogP contribution in [-0.2, 0) is 92.4 Å². The fourth-order valence-electron chi connectivity index (χ4n) is 11.8. The third-order valence-corrected chi connectivity index (χ3v) is 20.6. The number of nitrogens with one attached hydrogen (secondary N) is 11. The molecule has 3 rings (SSSR count). The van der Waals surface area contributed by atoms with Crippen molar-refractivity contribution in [3.8, 4) is 5.75 Å². The molecule has 1 aromatic heterocycles. The number of phenolic OH excluding ortho intramolecular Hbond substituents is 1. The van der Waals surface area contributed by atoms with Gasteiger partial charge in [0, 0.05) is 122 Å². The quantitative estimate of drug-likeness (QED) is 0.0189. The van der Waals surface area contributed by atoms with Gasteiger partial charge >= 0.3 is 11.9 Å². The summed E-state index contributed by atoms with van der Waals surface area (Å²) in [6.45, 7) is 20.6. The summed E-state index contributed by atoms with van der Waals surface area (Å²) >= 11 is 1.04. The molecule has 0 bridgehead atoms. The number of hydrogen-bond donors (Lipinski definition) is 13. The number of rotatable bonds is 61. The van der Waals surface area contributed by atoms with Crippen molar-refractivity contribution in [1.82, 2.24) is 77.8 Å². The summed E-state index contributed by atoms with van der Waals surface area (Å²) < 4.78 is 27.7. The molecule has 8 atom stereocenters. The van der Waals surface area contributed by atoms with E-state index >= 15 is 0 Å². The number of aliphatic carboxylic acids is 1. The van der Waals surface area contributed by atoms with Gasteiger partial charge in [-0.05, 0) is 123 Å². The molecule has 0 fully saturated rings. The normalized spacial score (nSPS) is 14.2. The lowest BCUT2D eigenvalue weighted by atomic mass is 9.92. The number of nitrogens with zero attached hydrogens (tertiary/aromatic N) is 5. The number of anilines is 1. The number of carboxylic acid groups (broad SMARTS) is 1. The van der Waals surface area contributed by atoms with Gasteiger partial charge in [0.1, 0.15) is 34.6 Å². The van der Waals surface area contributed by atoms with E-state index in [0.29, 0.717) is 77.6 Å². The van der Waals surface area contributed by atoms with Crippen molar-refractivity contribution in [2.45, 2.75) is 188 Å². The lowest BCUT2D eigenvalue weighted by molar-refractivity contribution is -0.149. The minimum Gasteiger partial charge on any atom is -0.506 e. The van der Waals surface area contributed by atoms with Gasteiger partial charge in [-0.25, -0.2) is 4.98 Å². The Morgan fingerprint density at radius 2 is 1.24 bits per heavy atom. The predicted molar refractivity (Wildman–Crippen MR) is 437 cm³/mol. The Morgan fingerprint density at radius 3 is 1.78 bits per heavy atom. The molecule has 37 nitrogen and oxygen atoms in total. The van der Waals surface area contributed by atoms with E-state index in [-0.39, 0.29) is 161 Å². The third-order valence-electron chi connectivity index (χ3n) is 19.6. The van der Waals surface area contributed by atoms with E-state index < -0.39 is 120 Å². The Balaban J connectivity index is 1.75. The molecule has 38 heteroatoms. The summed E-state index contributed by atoms with van der Waals surface area (Å²) in [5.74, 6) is -9.69. The minimum atomic E-state index is -1.29. The zero-order chi connectivity index (χ0) is 87.3. The number of phenols is 1. The Labute approximate surface area is 691 Å². The number of ether oxygens (including phenoxy) is 5. The monoisotopic (exact) mass is 1670 g/mol. The molecule has 13 N–H and O–H groups in total. The second-order valence-electron chi connectivity index (χ2n) is 30.0. The van der Waals surface area contributed by atoms with Gasteiger partial charge in [0.05, 0.1) is 76.7 Å².